The highest BCUT2D eigenvalue weighted by Gasteiger charge is 1.95. The van der Waals surface area contributed by atoms with Gasteiger partial charge >= 0.3 is 0 Å². The number of methoxy groups -OCH3 is 1. The van der Waals surface area contributed by atoms with Crippen LogP contribution in [0.1, 0.15) is 13.8 Å². The molecule has 12 heavy (non-hydrogen) atoms. The van der Waals surface area contributed by atoms with Crippen molar-refractivity contribution in [2.75, 3.05) is 20.8 Å². The van der Waals surface area contributed by atoms with Crippen LogP contribution in [-0.2, 0) is 4.74 Å². The first kappa shape index (κ1) is 10.9. The molecule has 0 radical (unpaired) electrons. The van der Waals surface area contributed by atoms with Gasteiger partial charge in [-0.2, -0.15) is 0 Å². The average molecular weight is 169 g/mol. The van der Waals surface area contributed by atoms with E-state index in [9.17, 15) is 0 Å². The van der Waals surface area contributed by atoms with Crippen LogP contribution in [0.4, 0.5) is 0 Å². The topological polar surface area (TPSA) is 37.2 Å². The maximum atomic E-state index is 4.71. The molecule has 0 fully saturated rings. The summed E-state index contributed by atoms with van der Waals surface area (Å²) in [6.07, 6.45) is 0. The van der Waals surface area contributed by atoms with Crippen LogP contribution < -0.4 is 0 Å². The van der Waals surface area contributed by atoms with E-state index in [1.54, 1.807) is 12.1 Å². The molecule has 0 saturated carbocycles. The highest BCUT2D eigenvalue weighted by molar-refractivity contribution is 4.95. The van der Waals surface area contributed by atoms with E-state index in [1.165, 1.54) is 0 Å². The molecule has 0 aromatic carbocycles. The van der Waals surface area contributed by atoms with Gasteiger partial charge in [0.25, 0.3) is 0 Å². The van der Waals surface area contributed by atoms with E-state index in [2.05, 4.69) is 22.3 Å². The second kappa shape index (κ2) is 6.62. The van der Waals surface area contributed by atoms with Crippen LogP contribution >= 0.6 is 0 Å². The molecule has 4 nitrogen and oxygen atoms in total. The van der Waals surface area contributed by atoms with Crippen molar-refractivity contribution < 1.29 is 4.74 Å². The zero-order valence-electron chi connectivity index (χ0n) is 8.03. The first-order chi connectivity index (χ1) is 5.68. The molecule has 0 saturated heterocycles. The molecule has 0 N–H and O–H groups in total. The second-order valence-electron chi connectivity index (χ2n) is 2.58. The van der Waals surface area contributed by atoms with Gasteiger partial charge < -0.3 is 4.74 Å². The summed E-state index contributed by atoms with van der Waals surface area (Å²) in [4.78, 5) is 0. The van der Waals surface area contributed by atoms with Crippen molar-refractivity contribution >= 4 is 0 Å². The standard InChI is InChI=1S/C8H15N3O/c1-8(2)11(3)10-9-6-5-7-12-4/h8H,7H2,1-4H3/b10-9+. The molecule has 0 aliphatic heterocycles. The van der Waals surface area contributed by atoms with Crippen LogP contribution in [0.3, 0.4) is 0 Å². The number of hydrogen-bond donors (Lipinski definition) is 0. The molecular weight excluding hydrogens is 154 g/mol. The minimum Gasteiger partial charge on any atom is -0.372 e. The number of nitrogens with zero attached hydrogens (tertiary/aromatic N) is 3. The summed E-state index contributed by atoms with van der Waals surface area (Å²) in [7, 11) is 3.44. The molecule has 0 bridgehead atoms. The third-order valence-electron chi connectivity index (χ3n) is 1.28. The van der Waals surface area contributed by atoms with Gasteiger partial charge in [0.2, 0.25) is 0 Å². The van der Waals surface area contributed by atoms with E-state index < -0.39 is 0 Å². The molecule has 0 heterocycles. The van der Waals surface area contributed by atoms with Crippen LogP contribution in [0, 0.1) is 12.0 Å². The summed E-state index contributed by atoms with van der Waals surface area (Å²) in [5.41, 5.74) is 0. The monoisotopic (exact) mass is 169 g/mol. The molecule has 0 amide bonds. The maximum Gasteiger partial charge on any atom is 0.109 e. The fraction of sp³-hybridized carbons (Fsp3) is 0.750. The lowest BCUT2D eigenvalue weighted by Gasteiger charge is -2.13. The van der Waals surface area contributed by atoms with Gasteiger partial charge in [-0.3, -0.25) is 5.01 Å². The van der Waals surface area contributed by atoms with Gasteiger partial charge in [0, 0.05) is 20.2 Å². The average Bonchev–Trinajstić information content (AvgIpc) is 2.03. The predicted octanol–water partition coefficient (Wildman–Crippen LogP) is 1.30. The van der Waals surface area contributed by atoms with Crippen LogP contribution in [0.2, 0.25) is 0 Å². The minimum atomic E-state index is 0.345. The quantitative estimate of drug-likeness (QED) is 0.363. The van der Waals surface area contributed by atoms with Gasteiger partial charge in [0.1, 0.15) is 6.61 Å². The van der Waals surface area contributed by atoms with Crippen molar-refractivity contribution in [2.24, 2.45) is 10.3 Å². The number of ether oxygens (including phenoxy) is 1. The molecule has 68 valence electrons. The molecule has 0 spiro atoms. The van der Waals surface area contributed by atoms with Gasteiger partial charge in [-0.25, -0.2) is 0 Å². The number of rotatable bonds is 3. The summed E-state index contributed by atoms with van der Waals surface area (Å²) in [6.45, 7) is 4.45. The van der Waals surface area contributed by atoms with Crippen molar-refractivity contribution in [1.82, 2.24) is 5.01 Å². The van der Waals surface area contributed by atoms with Crippen LogP contribution in [0.5, 0.6) is 0 Å². The fourth-order valence-electron chi connectivity index (χ4n) is 0.336. The van der Waals surface area contributed by atoms with E-state index >= 15 is 0 Å². The normalized spacial score (nSPS) is 10.1. The molecule has 0 rings (SSSR count). The van der Waals surface area contributed by atoms with E-state index in [1.807, 2.05) is 20.9 Å². The van der Waals surface area contributed by atoms with E-state index in [-0.39, 0.29) is 0 Å². The Morgan fingerprint density at radius 1 is 1.50 bits per heavy atom. The molecule has 0 aliphatic carbocycles. The summed E-state index contributed by atoms with van der Waals surface area (Å²) in [5.74, 6) is 2.67. The smallest absolute Gasteiger partial charge is 0.109 e. The molecule has 0 aliphatic rings. The zero-order valence-corrected chi connectivity index (χ0v) is 8.03. The van der Waals surface area contributed by atoms with Crippen molar-refractivity contribution in [2.45, 2.75) is 19.9 Å². The number of hydrogen-bond acceptors (Lipinski definition) is 3. The Labute approximate surface area is 73.6 Å². The van der Waals surface area contributed by atoms with Gasteiger partial charge in [-0.15, -0.1) is 0 Å². The predicted molar refractivity (Wildman–Crippen MR) is 47.4 cm³/mol. The molecule has 0 aromatic rings. The van der Waals surface area contributed by atoms with Crippen molar-refractivity contribution in [3.8, 4) is 12.0 Å². The van der Waals surface area contributed by atoms with Crippen LogP contribution in [0.25, 0.3) is 0 Å². The lowest BCUT2D eigenvalue weighted by atomic mass is 10.4. The Hall–Kier alpha value is -1.08. The van der Waals surface area contributed by atoms with E-state index in [4.69, 9.17) is 4.74 Å². The Morgan fingerprint density at radius 3 is 2.67 bits per heavy atom. The summed E-state index contributed by atoms with van der Waals surface area (Å²) in [6, 6.07) is 2.86. The Bertz CT molecular complexity index is 190. The first-order valence-electron chi connectivity index (χ1n) is 3.78. The highest BCUT2D eigenvalue weighted by Crippen LogP contribution is 1.93. The summed E-state index contributed by atoms with van der Waals surface area (Å²) < 4.78 is 4.71. The van der Waals surface area contributed by atoms with E-state index in [0.717, 1.165) is 0 Å². The summed E-state index contributed by atoms with van der Waals surface area (Å²) in [5, 5.41) is 9.20. The largest absolute Gasteiger partial charge is 0.372 e. The van der Waals surface area contributed by atoms with Crippen molar-refractivity contribution in [1.29, 1.82) is 0 Å². The zero-order chi connectivity index (χ0) is 9.40. The second-order valence-corrected chi connectivity index (χ2v) is 2.58. The minimum absolute atomic E-state index is 0.345. The molecule has 4 heteroatoms. The van der Waals surface area contributed by atoms with Gasteiger partial charge in [0.05, 0.1) is 6.04 Å². The maximum absolute atomic E-state index is 4.71. The molecule has 0 atom stereocenters. The Balaban J connectivity index is 3.70. The highest BCUT2D eigenvalue weighted by atomic mass is 16.5. The molecular formula is C8H15N3O. The van der Waals surface area contributed by atoms with Gasteiger partial charge in [-0.1, -0.05) is 10.3 Å². The lowest BCUT2D eigenvalue weighted by Crippen LogP contribution is -2.19. The third kappa shape index (κ3) is 5.69. The van der Waals surface area contributed by atoms with Gasteiger partial charge in [0.15, 0.2) is 0 Å². The third-order valence-corrected chi connectivity index (χ3v) is 1.28. The van der Waals surface area contributed by atoms with E-state index in [0.29, 0.717) is 12.6 Å². The Morgan fingerprint density at radius 2 is 2.17 bits per heavy atom. The Kier molecular flexibility index (Phi) is 6.02. The van der Waals surface area contributed by atoms with Gasteiger partial charge in [-0.05, 0) is 19.8 Å². The van der Waals surface area contributed by atoms with Crippen molar-refractivity contribution in [3.05, 3.63) is 0 Å². The van der Waals surface area contributed by atoms with Crippen LogP contribution in [0.15, 0.2) is 10.3 Å². The SMILES string of the molecule is COCC#C/N=N/N(C)C(C)C. The lowest BCUT2D eigenvalue weighted by molar-refractivity contribution is 0.239. The van der Waals surface area contributed by atoms with Crippen molar-refractivity contribution in [3.63, 3.8) is 0 Å². The van der Waals surface area contributed by atoms with Crippen LogP contribution in [-0.4, -0.2) is 31.8 Å². The summed E-state index contributed by atoms with van der Waals surface area (Å²) >= 11 is 0. The first-order valence-corrected chi connectivity index (χ1v) is 3.78. The molecule has 0 unspecified atom stereocenters. The fourth-order valence-corrected chi connectivity index (χ4v) is 0.336. The molecule has 0 aromatic heterocycles.